The molecule has 0 bridgehead atoms. The van der Waals surface area contributed by atoms with Gasteiger partial charge in [-0.25, -0.2) is 0 Å². The summed E-state index contributed by atoms with van der Waals surface area (Å²) in [5.41, 5.74) is 3.42. The summed E-state index contributed by atoms with van der Waals surface area (Å²) < 4.78 is 36.5. The summed E-state index contributed by atoms with van der Waals surface area (Å²) >= 11 is 0. The number of aliphatic hydroxyl groups is 2. The van der Waals surface area contributed by atoms with Gasteiger partial charge in [-0.3, -0.25) is 19.2 Å². The number of nitrogens with zero attached hydrogens (tertiary/aromatic N) is 5. The van der Waals surface area contributed by atoms with Gasteiger partial charge in [0.25, 0.3) is 5.91 Å². The quantitative estimate of drug-likeness (QED) is 0.0700. The zero-order valence-electron chi connectivity index (χ0n) is 34.0. The van der Waals surface area contributed by atoms with E-state index in [4.69, 9.17) is 14.2 Å². The van der Waals surface area contributed by atoms with Crippen LogP contribution < -0.4 is 24.6 Å². The van der Waals surface area contributed by atoms with E-state index >= 15 is 8.90 Å². The Morgan fingerprint density at radius 1 is 1.02 bits per heavy atom. The smallest absolute Gasteiger partial charge is 0.264 e. The highest BCUT2D eigenvalue weighted by Crippen LogP contribution is 2.60. The predicted octanol–water partition coefficient (Wildman–Crippen LogP) is 5.58. The monoisotopic (exact) mass is 814 g/mol. The fourth-order valence-electron chi connectivity index (χ4n) is 9.17. The largest absolute Gasteiger partial charge is 0.497 e. The molecule has 4 heterocycles. The molecule has 5 atom stereocenters. The third kappa shape index (κ3) is 7.89. The number of methoxy groups -OCH3 is 1. The third-order valence-electron chi connectivity index (χ3n) is 11.8. The second-order valence-electron chi connectivity index (χ2n) is 16.0. The number of rotatable bonds is 17. The molecule has 15 heteroatoms. The molecule has 0 saturated carbocycles. The van der Waals surface area contributed by atoms with Crippen molar-refractivity contribution >= 4 is 37.3 Å². The first-order chi connectivity index (χ1) is 27.9. The van der Waals surface area contributed by atoms with Crippen LogP contribution in [-0.2, 0) is 45.9 Å². The number of nitrogens with one attached hydrogen (secondary N) is 1. The second-order valence-corrected chi connectivity index (χ2v) is 19.8. The first kappa shape index (κ1) is 41.5. The third-order valence-corrected chi connectivity index (χ3v) is 14.3. The average molecular weight is 815 g/mol. The number of hydrogen-bond acceptors (Lipinski definition) is 10. The fraction of sp³-hybridized carbons (Fsp3) is 0.488. The lowest BCUT2D eigenvalue weighted by Crippen LogP contribution is -2.49. The highest BCUT2D eigenvalue weighted by molar-refractivity contribution is 6.72. The van der Waals surface area contributed by atoms with Gasteiger partial charge in [-0.2, -0.15) is 0 Å². The minimum atomic E-state index is -3.40. The van der Waals surface area contributed by atoms with Crippen molar-refractivity contribution in [2.75, 3.05) is 43.3 Å². The Morgan fingerprint density at radius 3 is 2.48 bits per heavy atom. The minimum Gasteiger partial charge on any atom is -0.497 e. The van der Waals surface area contributed by atoms with E-state index in [0.29, 0.717) is 73.8 Å². The van der Waals surface area contributed by atoms with E-state index in [9.17, 15) is 15.0 Å². The number of benzene rings is 3. The number of aliphatic hydroxyl groups excluding tert-OH is 2. The van der Waals surface area contributed by atoms with E-state index in [1.54, 1.807) is 40.9 Å². The van der Waals surface area contributed by atoms with Crippen LogP contribution in [0.2, 0.25) is 18.6 Å². The van der Waals surface area contributed by atoms with Crippen LogP contribution >= 0.6 is 0 Å². The number of anilines is 3. The summed E-state index contributed by atoms with van der Waals surface area (Å²) in [5, 5.41) is 30.3. The van der Waals surface area contributed by atoms with Gasteiger partial charge in [0.1, 0.15) is 11.5 Å². The van der Waals surface area contributed by atoms with Gasteiger partial charge in [-0.1, -0.05) is 24.3 Å². The topological polar surface area (TPSA) is 152 Å². The number of aromatic nitrogens is 3. The van der Waals surface area contributed by atoms with Crippen molar-refractivity contribution < 1.29 is 38.1 Å². The molecule has 7 rings (SSSR count). The molecule has 0 aliphatic carbocycles. The van der Waals surface area contributed by atoms with Crippen LogP contribution in [-0.4, -0.2) is 91.0 Å². The van der Waals surface area contributed by atoms with E-state index in [2.05, 4.69) is 15.6 Å². The molecular formula is C43H55FN6O7Si. The number of amides is 2. The molecule has 1 saturated heterocycles. The lowest BCUT2D eigenvalue weighted by atomic mass is 9.82. The van der Waals surface area contributed by atoms with Gasteiger partial charge in [0.05, 0.1) is 49.5 Å². The summed E-state index contributed by atoms with van der Waals surface area (Å²) in [4.78, 5) is 32.6. The van der Waals surface area contributed by atoms with E-state index < -0.39 is 37.6 Å². The van der Waals surface area contributed by atoms with Gasteiger partial charge >= 0.3 is 0 Å². The molecule has 3 N–H and O–H groups in total. The first-order valence-electron chi connectivity index (χ1n) is 20.3. The van der Waals surface area contributed by atoms with Crippen molar-refractivity contribution in [1.29, 1.82) is 0 Å². The SMILES string of the molecule is CCOc1ccc2c(c1)CC(NCCCCO)C(=O)N2c1ccc(CN2C(=O)[C@@]3(O[C@@H](CCn4cc(CCO)nn4)[C@H]([Si](C)(C)F)[C@H]3C)c3cc(OC)ccc32)cc1. The summed E-state index contributed by atoms with van der Waals surface area (Å²) in [6, 6.07) is 18.6. The summed E-state index contributed by atoms with van der Waals surface area (Å²) in [7, 11) is -1.82. The van der Waals surface area contributed by atoms with Crippen LogP contribution in [0.4, 0.5) is 21.2 Å². The van der Waals surface area contributed by atoms with Gasteiger partial charge in [-0.05, 0) is 112 Å². The number of hydrogen-bond donors (Lipinski definition) is 3. The van der Waals surface area contributed by atoms with Crippen LogP contribution in [0.5, 0.6) is 11.5 Å². The van der Waals surface area contributed by atoms with E-state index in [0.717, 1.165) is 29.0 Å². The van der Waals surface area contributed by atoms with Crippen LogP contribution in [0.25, 0.3) is 0 Å². The Labute approximate surface area is 340 Å². The molecule has 1 fully saturated rings. The van der Waals surface area contributed by atoms with Crippen LogP contribution in [0.1, 0.15) is 55.5 Å². The van der Waals surface area contributed by atoms with Crippen molar-refractivity contribution in [3.05, 3.63) is 89.2 Å². The van der Waals surface area contributed by atoms with Gasteiger partial charge in [0.15, 0.2) is 5.60 Å². The number of unbranched alkanes of at least 4 members (excludes halogenated alkanes) is 1. The average Bonchev–Trinajstić information content (AvgIpc) is 3.85. The standard InChI is InChI=1S/C43H55FN6O7Si/c1-6-56-34-14-15-37-30(23-34)24-36(45-19-7-8-21-51)41(53)50(37)32-11-9-29(10-12-32)26-49-38-16-13-33(55-3)25-35(38)43(42(49)54)28(2)40(58(4,5)44)39(57-43)17-20-48-27-31(18-22-52)46-47-48/h9-16,23,25,27-28,36,39-40,45,51-52H,6-8,17-22,24,26H2,1-5H3/t28-,36?,39+,40-,43+/m1/s1. The Morgan fingerprint density at radius 2 is 1.78 bits per heavy atom. The maximum absolute atomic E-state index is 16.4. The van der Waals surface area contributed by atoms with Gasteiger partial charge < -0.3 is 38.7 Å². The number of carbonyl (C=O) groups is 2. The maximum Gasteiger partial charge on any atom is 0.264 e. The number of ether oxygens (including phenoxy) is 3. The zero-order chi connectivity index (χ0) is 41.2. The Hall–Kier alpha value is -4.67. The molecule has 13 nitrogen and oxygen atoms in total. The molecule has 1 unspecified atom stereocenters. The molecule has 3 aliphatic rings. The first-order valence-corrected chi connectivity index (χ1v) is 23.3. The molecule has 1 spiro atoms. The lowest BCUT2D eigenvalue weighted by molar-refractivity contribution is -0.146. The molecule has 3 aliphatic heterocycles. The highest BCUT2D eigenvalue weighted by atomic mass is 28.4. The number of halogens is 1. The van der Waals surface area contributed by atoms with Crippen molar-refractivity contribution in [2.24, 2.45) is 5.92 Å². The second kappa shape index (κ2) is 17.3. The van der Waals surface area contributed by atoms with Gasteiger partial charge in [-0.15, -0.1) is 5.10 Å². The van der Waals surface area contributed by atoms with Crippen molar-refractivity contribution in [3.63, 3.8) is 0 Å². The number of fused-ring (bicyclic) bond motifs is 3. The van der Waals surface area contributed by atoms with Crippen LogP contribution in [0.15, 0.2) is 66.9 Å². The Balaban J connectivity index is 1.17. The summed E-state index contributed by atoms with van der Waals surface area (Å²) in [5.74, 6) is 0.524. The molecule has 2 amide bonds. The summed E-state index contributed by atoms with van der Waals surface area (Å²) in [6.45, 7) is 9.09. The van der Waals surface area contributed by atoms with Gasteiger partial charge in [0.2, 0.25) is 14.3 Å². The predicted molar refractivity (Wildman–Crippen MR) is 221 cm³/mol. The fourth-order valence-corrected chi connectivity index (χ4v) is 11.7. The van der Waals surface area contributed by atoms with Crippen molar-refractivity contribution in [3.8, 4) is 11.5 Å². The number of aryl methyl sites for hydroxylation is 1. The Bertz CT molecular complexity index is 2090. The van der Waals surface area contributed by atoms with E-state index in [1.807, 2.05) is 74.5 Å². The highest BCUT2D eigenvalue weighted by Gasteiger charge is 2.66. The van der Waals surface area contributed by atoms with Gasteiger partial charge in [0, 0.05) is 55.1 Å². The summed E-state index contributed by atoms with van der Waals surface area (Å²) in [6.07, 6.45) is 3.96. The van der Waals surface area contributed by atoms with Crippen molar-refractivity contribution in [2.45, 2.75) is 95.4 Å². The number of carbonyl (C=O) groups excluding carboxylic acids is 2. The zero-order valence-corrected chi connectivity index (χ0v) is 35.0. The lowest BCUT2D eigenvalue weighted by Gasteiger charge is -2.35. The van der Waals surface area contributed by atoms with E-state index in [-0.39, 0.29) is 31.6 Å². The molecule has 3 aromatic carbocycles. The molecule has 4 aromatic rings. The maximum atomic E-state index is 16.4. The van der Waals surface area contributed by atoms with Crippen molar-refractivity contribution in [1.82, 2.24) is 20.3 Å². The molecule has 1 aromatic heterocycles. The Kier molecular flexibility index (Phi) is 12.4. The molecule has 310 valence electrons. The molecule has 58 heavy (non-hydrogen) atoms. The van der Waals surface area contributed by atoms with E-state index in [1.165, 1.54) is 0 Å². The normalized spacial score (nSPS) is 22.8. The van der Waals surface area contributed by atoms with Crippen LogP contribution in [0, 0.1) is 5.92 Å². The van der Waals surface area contributed by atoms with Crippen LogP contribution in [0.3, 0.4) is 0 Å². The molecular weight excluding hydrogens is 760 g/mol. The molecule has 0 radical (unpaired) electrons. The minimum absolute atomic E-state index is 0.0338.